The number of nitrogens with one attached hydrogen (secondary N) is 1. The van der Waals surface area contributed by atoms with Crippen LogP contribution in [-0.4, -0.2) is 23.2 Å². The highest BCUT2D eigenvalue weighted by atomic mass is 35.5. The second-order valence-electron chi connectivity index (χ2n) is 5.65. The number of aryl methyl sites for hydroxylation is 1. The van der Waals surface area contributed by atoms with Crippen molar-refractivity contribution in [2.24, 2.45) is 0 Å². The van der Waals surface area contributed by atoms with Crippen molar-refractivity contribution in [3.8, 4) is 0 Å². The Hall–Kier alpha value is -1.56. The van der Waals surface area contributed by atoms with Crippen LogP contribution in [0.3, 0.4) is 0 Å². The number of amides is 1. The summed E-state index contributed by atoms with van der Waals surface area (Å²) in [5, 5.41) is 4.85. The topological polar surface area (TPSA) is 42.0 Å². The summed E-state index contributed by atoms with van der Waals surface area (Å²) in [6.45, 7) is 0.691. The first kappa shape index (κ1) is 18.2. The Morgan fingerprint density at radius 3 is 2.76 bits per heavy atom. The molecule has 0 aliphatic carbocycles. The number of halogens is 1. The second-order valence-corrected chi connectivity index (χ2v) is 8.19. The Labute approximate surface area is 160 Å². The van der Waals surface area contributed by atoms with Gasteiger partial charge in [0.25, 0.3) is 0 Å². The zero-order chi connectivity index (χ0) is 17.5. The Morgan fingerprint density at radius 1 is 1.16 bits per heavy atom. The Kier molecular flexibility index (Phi) is 6.73. The summed E-state index contributed by atoms with van der Waals surface area (Å²) in [4.78, 5) is 16.5. The summed E-state index contributed by atoms with van der Waals surface area (Å²) in [5.74, 6) is 1.38. The molecule has 0 saturated carbocycles. The average molecular weight is 391 g/mol. The van der Waals surface area contributed by atoms with Crippen LogP contribution in [0.25, 0.3) is 10.2 Å². The van der Waals surface area contributed by atoms with Crippen LogP contribution in [0.15, 0.2) is 48.5 Å². The molecule has 3 nitrogen and oxygen atoms in total. The summed E-state index contributed by atoms with van der Waals surface area (Å²) < 4.78 is 1.22. The van der Waals surface area contributed by atoms with Crippen molar-refractivity contribution in [2.75, 3.05) is 12.3 Å². The molecule has 0 spiro atoms. The molecule has 25 heavy (non-hydrogen) atoms. The summed E-state index contributed by atoms with van der Waals surface area (Å²) in [7, 11) is 0. The fourth-order valence-electron chi connectivity index (χ4n) is 2.39. The fraction of sp³-hybridized carbons (Fsp3) is 0.263. The molecule has 3 rings (SSSR count). The van der Waals surface area contributed by atoms with Gasteiger partial charge in [-0.05, 0) is 36.2 Å². The van der Waals surface area contributed by atoms with Gasteiger partial charge in [0.2, 0.25) is 5.91 Å². The first-order valence-corrected chi connectivity index (χ1v) is 10.5. The van der Waals surface area contributed by atoms with Gasteiger partial charge in [-0.25, -0.2) is 4.98 Å². The van der Waals surface area contributed by atoms with Crippen LogP contribution in [0.1, 0.15) is 17.0 Å². The maximum Gasteiger partial charge on any atom is 0.230 e. The number of nitrogens with zero attached hydrogens (tertiary/aromatic N) is 1. The lowest BCUT2D eigenvalue weighted by atomic mass is 10.2. The van der Waals surface area contributed by atoms with E-state index in [1.807, 2.05) is 42.5 Å². The van der Waals surface area contributed by atoms with E-state index in [-0.39, 0.29) is 5.91 Å². The molecular formula is C19H19ClN2OS2. The van der Waals surface area contributed by atoms with Gasteiger partial charge in [0.05, 0.1) is 21.0 Å². The molecule has 0 aliphatic rings. The molecule has 6 heteroatoms. The number of aromatic nitrogens is 1. The van der Waals surface area contributed by atoms with Crippen LogP contribution in [0, 0.1) is 0 Å². The van der Waals surface area contributed by atoms with Gasteiger partial charge in [0, 0.05) is 23.7 Å². The number of hydrogen-bond donors (Lipinski definition) is 1. The first-order valence-electron chi connectivity index (χ1n) is 8.14. The number of para-hydroxylation sites is 1. The van der Waals surface area contributed by atoms with E-state index < -0.39 is 0 Å². The van der Waals surface area contributed by atoms with E-state index in [4.69, 9.17) is 11.6 Å². The van der Waals surface area contributed by atoms with Gasteiger partial charge < -0.3 is 5.32 Å². The number of carbonyl (C=O) groups is 1. The van der Waals surface area contributed by atoms with Gasteiger partial charge in [0.1, 0.15) is 0 Å². The molecule has 0 fully saturated rings. The van der Waals surface area contributed by atoms with Crippen LogP contribution in [-0.2, 0) is 17.0 Å². The number of carbonyl (C=O) groups excluding carboxylic acids is 1. The van der Waals surface area contributed by atoms with Gasteiger partial charge in [-0.2, -0.15) is 0 Å². The standard InChI is InChI=1S/C19H19ClN2OS2/c20-15-9-7-14(8-10-15)12-24-13-18(23)21-11-3-6-19-22-16-4-1-2-5-17(16)25-19/h1-2,4-5,7-10H,3,6,11-13H2,(H,21,23). The first-order chi connectivity index (χ1) is 12.2. The summed E-state index contributed by atoms with van der Waals surface area (Å²) >= 11 is 9.20. The van der Waals surface area contributed by atoms with Crippen molar-refractivity contribution >= 4 is 50.8 Å². The molecule has 0 atom stereocenters. The van der Waals surface area contributed by atoms with E-state index in [0.717, 1.165) is 34.1 Å². The smallest absolute Gasteiger partial charge is 0.230 e. The molecule has 130 valence electrons. The lowest BCUT2D eigenvalue weighted by Crippen LogP contribution is -2.26. The predicted octanol–water partition coefficient (Wildman–Crippen LogP) is 4.93. The highest BCUT2D eigenvalue weighted by molar-refractivity contribution is 7.99. The van der Waals surface area contributed by atoms with Gasteiger partial charge in [-0.1, -0.05) is 35.9 Å². The van der Waals surface area contributed by atoms with E-state index >= 15 is 0 Å². The van der Waals surface area contributed by atoms with Crippen LogP contribution >= 0.6 is 34.7 Å². The summed E-state index contributed by atoms with van der Waals surface area (Å²) in [5.41, 5.74) is 2.24. The minimum Gasteiger partial charge on any atom is -0.355 e. The second kappa shape index (κ2) is 9.22. The molecular weight excluding hydrogens is 372 g/mol. The Morgan fingerprint density at radius 2 is 1.96 bits per heavy atom. The van der Waals surface area contributed by atoms with Gasteiger partial charge in [-0.3, -0.25) is 4.79 Å². The maximum atomic E-state index is 11.9. The van der Waals surface area contributed by atoms with Crippen molar-refractivity contribution < 1.29 is 4.79 Å². The number of thiazole rings is 1. The minimum atomic E-state index is 0.0864. The maximum absolute atomic E-state index is 11.9. The van der Waals surface area contributed by atoms with Crippen LogP contribution in [0.5, 0.6) is 0 Å². The highest BCUT2D eigenvalue weighted by Crippen LogP contribution is 2.22. The zero-order valence-corrected chi connectivity index (χ0v) is 16.1. The Bertz CT molecular complexity index is 800. The van der Waals surface area contributed by atoms with Crippen LogP contribution < -0.4 is 5.32 Å². The third kappa shape index (κ3) is 5.73. The number of benzene rings is 2. The number of rotatable bonds is 8. The quantitative estimate of drug-likeness (QED) is 0.554. The van der Waals surface area contributed by atoms with E-state index in [1.54, 1.807) is 23.1 Å². The highest BCUT2D eigenvalue weighted by Gasteiger charge is 2.05. The van der Waals surface area contributed by atoms with E-state index in [0.29, 0.717) is 12.3 Å². The van der Waals surface area contributed by atoms with Gasteiger partial charge >= 0.3 is 0 Å². The molecule has 1 amide bonds. The van der Waals surface area contributed by atoms with Gasteiger partial charge in [-0.15, -0.1) is 23.1 Å². The van der Waals surface area contributed by atoms with E-state index in [1.165, 1.54) is 10.3 Å². The van der Waals surface area contributed by atoms with Crippen molar-refractivity contribution in [1.29, 1.82) is 0 Å². The molecule has 1 heterocycles. The summed E-state index contributed by atoms with van der Waals surface area (Å²) in [6, 6.07) is 15.9. The average Bonchev–Trinajstić information content (AvgIpc) is 3.03. The molecule has 1 aromatic heterocycles. The molecule has 0 saturated heterocycles. The molecule has 0 unspecified atom stereocenters. The fourth-order valence-corrected chi connectivity index (χ4v) is 4.34. The summed E-state index contributed by atoms with van der Waals surface area (Å²) in [6.07, 6.45) is 1.81. The Balaban J connectivity index is 1.31. The lowest BCUT2D eigenvalue weighted by Gasteiger charge is -2.05. The lowest BCUT2D eigenvalue weighted by molar-refractivity contribution is -0.118. The van der Waals surface area contributed by atoms with Crippen LogP contribution in [0.2, 0.25) is 5.02 Å². The van der Waals surface area contributed by atoms with Crippen molar-refractivity contribution in [3.63, 3.8) is 0 Å². The van der Waals surface area contributed by atoms with E-state index in [2.05, 4.69) is 16.4 Å². The van der Waals surface area contributed by atoms with Crippen LogP contribution in [0.4, 0.5) is 0 Å². The largest absolute Gasteiger partial charge is 0.355 e. The number of fused-ring (bicyclic) bond motifs is 1. The number of hydrogen-bond acceptors (Lipinski definition) is 4. The minimum absolute atomic E-state index is 0.0864. The normalized spacial score (nSPS) is 10.9. The molecule has 0 bridgehead atoms. The molecule has 0 aliphatic heterocycles. The van der Waals surface area contributed by atoms with Crippen molar-refractivity contribution in [2.45, 2.75) is 18.6 Å². The number of thioether (sulfide) groups is 1. The third-order valence-electron chi connectivity index (χ3n) is 3.64. The predicted molar refractivity (Wildman–Crippen MR) is 109 cm³/mol. The SMILES string of the molecule is O=C(CSCc1ccc(Cl)cc1)NCCCc1nc2ccccc2s1. The molecule has 0 radical (unpaired) electrons. The molecule has 3 aromatic rings. The molecule has 2 aromatic carbocycles. The van der Waals surface area contributed by atoms with Crippen molar-refractivity contribution in [1.82, 2.24) is 10.3 Å². The molecule has 1 N–H and O–H groups in total. The third-order valence-corrected chi connectivity index (χ3v) is 5.99. The van der Waals surface area contributed by atoms with Gasteiger partial charge in [0.15, 0.2) is 0 Å². The van der Waals surface area contributed by atoms with E-state index in [9.17, 15) is 4.79 Å². The monoisotopic (exact) mass is 390 g/mol. The zero-order valence-electron chi connectivity index (χ0n) is 13.7. The van der Waals surface area contributed by atoms with Crippen molar-refractivity contribution in [3.05, 3.63) is 64.1 Å².